The Balaban J connectivity index is 2.22. The van der Waals surface area contributed by atoms with Gasteiger partial charge in [0, 0.05) is 23.8 Å². The van der Waals surface area contributed by atoms with Crippen LogP contribution in [0.4, 0.5) is 5.69 Å². The first-order valence-electron chi connectivity index (χ1n) is 7.16. The van der Waals surface area contributed by atoms with Crippen LogP contribution in [0.15, 0.2) is 18.2 Å². The van der Waals surface area contributed by atoms with Gasteiger partial charge in [0.15, 0.2) is 0 Å². The zero-order chi connectivity index (χ0) is 14.0. The Morgan fingerprint density at radius 2 is 2.11 bits per heavy atom. The lowest BCUT2D eigenvalue weighted by Gasteiger charge is -2.28. The van der Waals surface area contributed by atoms with E-state index in [1.807, 2.05) is 12.1 Å². The molecule has 1 aromatic rings. The highest BCUT2D eigenvalue weighted by Crippen LogP contribution is 2.37. The molecule has 1 heterocycles. The average molecular weight is 281 g/mol. The normalized spacial score (nSPS) is 20.1. The van der Waals surface area contributed by atoms with E-state index in [-0.39, 0.29) is 0 Å². The molecule has 1 atom stereocenters. The molecule has 0 aromatic heterocycles. The van der Waals surface area contributed by atoms with Gasteiger partial charge in [-0.05, 0) is 48.4 Å². The Labute approximate surface area is 121 Å². The molecular weight excluding hydrogens is 256 g/mol. The molecule has 0 aliphatic carbocycles. The molecule has 1 saturated heterocycles. The molecule has 2 N–H and O–H groups in total. The third-order valence-corrected chi connectivity index (χ3v) is 4.60. The van der Waals surface area contributed by atoms with E-state index in [9.17, 15) is 0 Å². The average Bonchev–Trinajstić information content (AvgIpc) is 2.81. The SMILES string of the molecule is CC(C)(C)C1CCN(c2cccc(Cl)c2CCN)C1. The van der Waals surface area contributed by atoms with Gasteiger partial charge in [-0.1, -0.05) is 38.4 Å². The highest BCUT2D eigenvalue weighted by Gasteiger charge is 2.32. The van der Waals surface area contributed by atoms with Gasteiger partial charge in [-0.3, -0.25) is 0 Å². The highest BCUT2D eigenvalue weighted by atomic mass is 35.5. The van der Waals surface area contributed by atoms with Crippen LogP contribution in [0.3, 0.4) is 0 Å². The Morgan fingerprint density at radius 3 is 2.68 bits per heavy atom. The topological polar surface area (TPSA) is 29.3 Å². The van der Waals surface area contributed by atoms with E-state index in [0.717, 1.165) is 30.5 Å². The molecule has 0 amide bonds. The smallest absolute Gasteiger partial charge is 0.0459 e. The summed E-state index contributed by atoms with van der Waals surface area (Å²) < 4.78 is 0. The minimum atomic E-state index is 0.376. The van der Waals surface area contributed by atoms with Crippen LogP contribution >= 0.6 is 11.6 Å². The van der Waals surface area contributed by atoms with Crippen LogP contribution in [0.25, 0.3) is 0 Å². The predicted molar refractivity (Wildman–Crippen MR) is 84.0 cm³/mol. The van der Waals surface area contributed by atoms with Gasteiger partial charge in [-0.25, -0.2) is 0 Å². The summed E-state index contributed by atoms with van der Waals surface area (Å²) in [5, 5.41) is 0.849. The van der Waals surface area contributed by atoms with E-state index < -0.39 is 0 Å². The van der Waals surface area contributed by atoms with Crippen LogP contribution in [-0.4, -0.2) is 19.6 Å². The van der Waals surface area contributed by atoms with Crippen molar-refractivity contribution in [3.63, 3.8) is 0 Å². The molecule has 1 aromatic carbocycles. The summed E-state index contributed by atoms with van der Waals surface area (Å²) in [5.41, 5.74) is 8.58. The van der Waals surface area contributed by atoms with Crippen molar-refractivity contribution >= 4 is 17.3 Å². The number of nitrogens with zero attached hydrogens (tertiary/aromatic N) is 1. The van der Waals surface area contributed by atoms with Gasteiger partial charge in [-0.15, -0.1) is 0 Å². The van der Waals surface area contributed by atoms with Crippen LogP contribution in [0.1, 0.15) is 32.8 Å². The molecule has 106 valence electrons. The van der Waals surface area contributed by atoms with Gasteiger partial charge < -0.3 is 10.6 Å². The second kappa shape index (κ2) is 5.72. The fraction of sp³-hybridized carbons (Fsp3) is 0.625. The minimum Gasteiger partial charge on any atom is -0.371 e. The second-order valence-electron chi connectivity index (χ2n) is 6.57. The third-order valence-electron chi connectivity index (χ3n) is 4.24. The van der Waals surface area contributed by atoms with Crippen molar-refractivity contribution in [2.45, 2.75) is 33.6 Å². The lowest BCUT2D eigenvalue weighted by molar-refractivity contribution is 0.263. The molecular formula is C16H25ClN2. The number of hydrogen-bond donors (Lipinski definition) is 1. The number of anilines is 1. The maximum atomic E-state index is 6.33. The van der Waals surface area contributed by atoms with Crippen LogP contribution in [0, 0.1) is 11.3 Å². The molecule has 1 aliphatic rings. The fourth-order valence-electron chi connectivity index (χ4n) is 2.92. The molecule has 0 saturated carbocycles. The molecule has 3 heteroatoms. The van der Waals surface area contributed by atoms with E-state index >= 15 is 0 Å². The van der Waals surface area contributed by atoms with Crippen molar-refractivity contribution in [3.05, 3.63) is 28.8 Å². The minimum absolute atomic E-state index is 0.376. The third kappa shape index (κ3) is 3.24. The Morgan fingerprint density at radius 1 is 1.37 bits per heavy atom. The first-order chi connectivity index (χ1) is 8.93. The first-order valence-corrected chi connectivity index (χ1v) is 7.53. The number of rotatable bonds is 3. The zero-order valence-electron chi connectivity index (χ0n) is 12.2. The number of hydrogen-bond acceptors (Lipinski definition) is 2. The van der Waals surface area contributed by atoms with E-state index in [1.165, 1.54) is 17.7 Å². The largest absolute Gasteiger partial charge is 0.371 e. The highest BCUT2D eigenvalue weighted by molar-refractivity contribution is 6.31. The number of halogens is 1. The summed E-state index contributed by atoms with van der Waals surface area (Å²) in [4.78, 5) is 2.48. The number of nitrogens with two attached hydrogens (primary N) is 1. The molecule has 2 rings (SSSR count). The summed E-state index contributed by atoms with van der Waals surface area (Å²) in [5.74, 6) is 0.747. The van der Waals surface area contributed by atoms with Gasteiger partial charge >= 0.3 is 0 Å². The summed E-state index contributed by atoms with van der Waals surface area (Å²) in [6.45, 7) is 9.90. The van der Waals surface area contributed by atoms with Gasteiger partial charge in [0.1, 0.15) is 0 Å². The maximum absolute atomic E-state index is 6.33. The maximum Gasteiger partial charge on any atom is 0.0459 e. The van der Waals surface area contributed by atoms with Crippen molar-refractivity contribution in [1.29, 1.82) is 0 Å². The predicted octanol–water partition coefficient (Wildman–Crippen LogP) is 3.71. The van der Waals surface area contributed by atoms with Gasteiger partial charge in [0.25, 0.3) is 0 Å². The van der Waals surface area contributed by atoms with Gasteiger partial charge in [0.05, 0.1) is 0 Å². The zero-order valence-corrected chi connectivity index (χ0v) is 13.0. The molecule has 0 radical (unpaired) electrons. The lowest BCUT2D eigenvalue weighted by Crippen LogP contribution is -2.26. The van der Waals surface area contributed by atoms with Gasteiger partial charge in [0.2, 0.25) is 0 Å². The molecule has 0 bridgehead atoms. The molecule has 0 spiro atoms. The molecule has 1 aliphatic heterocycles. The van der Waals surface area contributed by atoms with E-state index in [4.69, 9.17) is 17.3 Å². The Bertz CT molecular complexity index is 437. The van der Waals surface area contributed by atoms with Crippen LogP contribution in [0.2, 0.25) is 5.02 Å². The van der Waals surface area contributed by atoms with Crippen molar-refractivity contribution < 1.29 is 0 Å². The van der Waals surface area contributed by atoms with Crippen molar-refractivity contribution in [2.24, 2.45) is 17.1 Å². The Hall–Kier alpha value is -0.730. The lowest BCUT2D eigenvalue weighted by atomic mass is 9.80. The van der Waals surface area contributed by atoms with Crippen molar-refractivity contribution in [1.82, 2.24) is 0 Å². The molecule has 2 nitrogen and oxygen atoms in total. The van der Waals surface area contributed by atoms with Crippen LogP contribution < -0.4 is 10.6 Å². The Kier molecular flexibility index (Phi) is 4.42. The summed E-state index contributed by atoms with van der Waals surface area (Å²) in [7, 11) is 0. The van der Waals surface area contributed by atoms with Crippen LogP contribution in [-0.2, 0) is 6.42 Å². The number of benzene rings is 1. The summed E-state index contributed by atoms with van der Waals surface area (Å²) >= 11 is 6.33. The first kappa shape index (κ1) is 14.7. The van der Waals surface area contributed by atoms with Crippen molar-refractivity contribution in [2.75, 3.05) is 24.5 Å². The second-order valence-corrected chi connectivity index (χ2v) is 6.98. The van der Waals surface area contributed by atoms with Crippen LogP contribution in [0.5, 0.6) is 0 Å². The van der Waals surface area contributed by atoms with E-state index in [0.29, 0.717) is 12.0 Å². The van der Waals surface area contributed by atoms with Gasteiger partial charge in [-0.2, -0.15) is 0 Å². The van der Waals surface area contributed by atoms with Crippen molar-refractivity contribution in [3.8, 4) is 0 Å². The monoisotopic (exact) mass is 280 g/mol. The fourth-order valence-corrected chi connectivity index (χ4v) is 3.19. The van der Waals surface area contributed by atoms with E-state index in [1.54, 1.807) is 0 Å². The molecule has 1 fully saturated rings. The van der Waals surface area contributed by atoms with E-state index in [2.05, 4.69) is 31.7 Å². The molecule has 1 unspecified atom stereocenters. The molecule has 19 heavy (non-hydrogen) atoms. The quantitative estimate of drug-likeness (QED) is 0.914. The standard InChI is InChI=1S/C16H25ClN2/c1-16(2,3)12-8-10-19(11-12)15-6-4-5-14(17)13(15)7-9-18/h4-6,12H,7-11,18H2,1-3H3. The summed E-state index contributed by atoms with van der Waals surface area (Å²) in [6, 6.07) is 6.19. The summed E-state index contributed by atoms with van der Waals surface area (Å²) in [6.07, 6.45) is 2.11.